The Morgan fingerprint density at radius 1 is 1.11 bits per heavy atom. The molecule has 5 heteroatoms. The monoisotopic (exact) mass is 276 g/mol. The fourth-order valence-corrected chi connectivity index (χ4v) is 2.52. The molecule has 0 spiro atoms. The van der Waals surface area contributed by atoms with Crippen molar-refractivity contribution in [1.82, 2.24) is 0 Å². The van der Waals surface area contributed by atoms with Gasteiger partial charge in [-0.2, -0.15) is 11.8 Å². The maximum atomic E-state index is 12.1. The zero-order valence-electron chi connectivity index (χ0n) is 12.2. The van der Waals surface area contributed by atoms with Crippen LogP contribution in [0, 0.1) is 5.41 Å². The van der Waals surface area contributed by atoms with Gasteiger partial charge in [-0.3, -0.25) is 9.59 Å². The lowest BCUT2D eigenvalue weighted by molar-refractivity contribution is -0.168. The van der Waals surface area contributed by atoms with E-state index in [1.807, 2.05) is 20.8 Å². The standard InChI is InChI=1S/C13H24O4S/c1-7-13(10(14)16-6,11(15)17-8-2)9-18-12(3,4)5/h7-9H2,1-6H3. The highest BCUT2D eigenvalue weighted by molar-refractivity contribution is 8.00. The molecule has 1 unspecified atom stereocenters. The molecule has 0 N–H and O–H groups in total. The lowest BCUT2D eigenvalue weighted by atomic mass is 9.87. The van der Waals surface area contributed by atoms with Gasteiger partial charge in [0, 0.05) is 10.5 Å². The van der Waals surface area contributed by atoms with Crippen molar-refractivity contribution in [1.29, 1.82) is 0 Å². The van der Waals surface area contributed by atoms with Crippen molar-refractivity contribution in [3.05, 3.63) is 0 Å². The Morgan fingerprint density at radius 3 is 2.00 bits per heavy atom. The van der Waals surface area contributed by atoms with Crippen molar-refractivity contribution in [2.24, 2.45) is 5.41 Å². The highest BCUT2D eigenvalue weighted by Crippen LogP contribution is 2.35. The summed E-state index contributed by atoms with van der Waals surface area (Å²) in [6, 6.07) is 0. The molecule has 18 heavy (non-hydrogen) atoms. The Balaban J connectivity index is 5.11. The van der Waals surface area contributed by atoms with Crippen molar-refractivity contribution in [2.75, 3.05) is 19.5 Å². The summed E-state index contributed by atoms with van der Waals surface area (Å²) < 4.78 is 9.79. The van der Waals surface area contributed by atoms with Crippen LogP contribution in [-0.4, -0.2) is 36.2 Å². The van der Waals surface area contributed by atoms with Crippen molar-refractivity contribution in [3.63, 3.8) is 0 Å². The third kappa shape index (κ3) is 4.52. The molecule has 4 nitrogen and oxygen atoms in total. The number of carbonyl (C=O) groups is 2. The molecule has 1 atom stereocenters. The second-order valence-corrected chi connectivity index (χ2v) is 6.85. The van der Waals surface area contributed by atoms with E-state index in [2.05, 4.69) is 0 Å². The molecule has 0 saturated heterocycles. The number of ether oxygens (including phenoxy) is 2. The van der Waals surface area contributed by atoms with Gasteiger partial charge < -0.3 is 9.47 Å². The van der Waals surface area contributed by atoms with E-state index in [1.165, 1.54) is 7.11 Å². The molecule has 0 rings (SSSR count). The molecule has 0 radical (unpaired) electrons. The van der Waals surface area contributed by atoms with E-state index in [9.17, 15) is 9.59 Å². The second kappa shape index (κ2) is 7.02. The van der Waals surface area contributed by atoms with E-state index in [1.54, 1.807) is 25.6 Å². The predicted octanol–water partition coefficient (Wildman–Crippen LogP) is 2.65. The van der Waals surface area contributed by atoms with Crippen LogP contribution in [0.5, 0.6) is 0 Å². The lowest BCUT2D eigenvalue weighted by Gasteiger charge is -2.30. The Labute approximate surface area is 114 Å². The van der Waals surface area contributed by atoms with Gasteiger partial charge in [-0.05, 0) is 13.3 Å². The third-order valence-corrected chi connectivity index (χ3v) is 4.10. The number of hydrogen-bond acceptors (Lipinski definition) is 5. The van der Waals surface area contributed by atoms with Crippen LogP contribution in [-0.2, 0) is 19.1 Å². The zero-order chi connectivity index (χ0) is 14.4. The molecule has 106 valence electrons. The number of thioether (sulfide) groups is 1. The maximum absolute atomic E-state index is 12.1. The summed E-state index contributed by atoms with van der Waals surface area (Å²) in [4.78, 5) is 24.0. The molecule has 0 heterocycles. The summed E-state index contributed by atoms with van der Waals surface area (Å²) in [7, 11) is 1.30. The molecule has 0 fully saturated rings. The second-order valence-electron chi connectivity index (χ2n) is 5.05. The molecule has 0 saturated carbocycles. The van der Waals surface area contributed by atoms with E-state index in [-0.39, 0.29) is 11.4 Å². The molecular formula is C13H24O4S. The zero-order valence-corrected chi connectivity index (χ0v) is 13.0. The summed E-state index contributed by atoms with van der Waals surface area (Å²) in [6.07, 6.45) is 0.377. The highest BCUT2D eigenvalue weighted by Gasteiger charge is 2.47. The minimum absolute atomic E-state index is 0.0268. The van der Waals surface area contributed by atoms with Crippen LogP contribution < -0.4 is 0 Å². The summed E-state index contributed by atoms with van der Waals surface area (Å²) in [6.45, 7) is 9.92. The Morgan fingerprint density at radius 2 is 1.67 bits per heavy atom. The molecule has 0 aromatic heterocycles. The fraction of sp³-hybridized carbons (Fsp3) is 0.846. The van der Waals surface area contributed by atoms with E-state index in [4.69, 9.17) is 9.47 Å². The minimum atomic E-state index is -1.19. The number of esters is 2. The first kappa shape index (κ1) is 17.3. The van der Waals surface area contributed by atoms with Gasteiger partial charge in [-0.25, -0.2) is 0 Å². The third-order valence-electron chi connectivity index (χ3n) is 2.60. The topological polar surface area (TPSA) is 52.6 Å². The minimum Gasteiger partial charge on any atom is -0.468 e. The smallest absolute Gasteiger partial charge is 0.324 e. The molecule has 0 aromatic rings. The van der Waals surface area contributed by atoms with Crippen LogP contribution >= 0.6 is 11.8 Å². The van der Waals surface area contributed by atoms with E-state index >= 15 is 0 Å². The Kier molecular flexibility index (Phi) is 6.74. The first-order valence-electron chi connectivity index (χ1n) is 6.13. The van der Waals surface area contributed by atoms with Crippen LogP contribution in [0.2, 0.25) is 0 Å². The molecule has 0 bridgehead atoms. The number of hydrogen-bond donors (Lipinski definition) is 0. The van der Waals surface area contributed by atoms with Gasteiger partial charge >= 0.3 is 11.9 Å². The van der Waals surface area contributed by atoms with E-state index in [0.29, 0.717) is 12.2 Å². The van der Waals surface area contributed by atoms with E-state index < -0.39 is 17.4 Å². The normalized spacial score (nSPS) is 14.8. The highest BCUT2D eigenvalue weighted by atomic mass is 32.2. The van der Waals surface area contributed by atoms with Crippen molar-refractivity contribution >= 4 is 23.7 Å². The van der Waals surface area contributed by atoms with Crippen LogP contribution in [0.3, 0.4) is 0 Å². The summed E-state index contributed by atoms with van der Waals surface area (Å²) in [5.74, 6) is -0.630. The summed E-state index contributed by atoms with van der Waals surface area (Å²) >= 11 is 1.56. The molecule has 0 aliphatic rings. The van der Waals surface area contributed by atoms with Crippen LogP contribution in [0.15, 0.2) is 0 Å². The quantitative estimate of drug-likeness (QED) is 0.551. The van der Waals surface area contributed by atoms with Gasteiger partial charge in [-0.15, -0.1) is 0 Å². The molecular weight excluding hydrogens is 252 g/mol. The SMILES string of the molecule is CCOC(=O)C(CC)(CSC(C)(C)C)C(=O)OC. The molecule has 0 aliphatic carbocycles. The van der Waals surface area contributed by atoms with E-state index in [0.717, 1.165) is 0 Å². The molecule has 0 aromatic carbocycles. The predicted molar refractivity (Wildman–Crippen MR) is 73.6 cm³/mol. The van der Waals surface area contributed by atoms with Crippen LogP contribution in [0.4, 0.5) is 0 Å². The lowest BCUT2D eigenvalue weighted by Crippen LogP contribution is -2.44. The van der Waals surface area contributed by atoms with Gasteiger partial charge in [0.1, 0.15) is 0 Å². The number of methoxy groups -OCH3 is 1. The average molecular weight is 276 g/mol. The summed E-state index contributed by atoms with van der Waals surface area (Å²) in [5.41, 5.74) is -1.19. The first-order valence-corrected chi connectivity index (χ1v) is 7.11. The van der Waals surface area contributed by atoms with Crippen LogP contribution in [0.1, 0.15) is 41.0 Å². The van der Waals surface area contributed by atoms with Crippen LogP contribution in [0.25, 0.3) is 0 Å². The van der Waals surface area contributed by atoms with Gasteiger partial charge in [-0.1, -0.05) is 27.7 Å². The Hall–Kier alpha value is -0.710. The first-order chi connectivity index (χ1) is 8.23. The van der Waals surface area contributed by atoms with Crippen molar-refractivity contribution in [3.8, 4) is 0 Å². The average Bonchev–Trinajstić information content (AvgIpc) is 2.29. The number of carbonyl (C=O) groups excluding carboxylic acids is 2. The van der Waals surface area contributed by atoms with Gasteiger partial charge in [0.05, 0.1) is 13.7 Å². The summed E-state index contributed by atoms with van der Waals surface area (Å²) in [5, 5.41) is 0. The van der Waals surface area contributed by atoms with Gasteiger partial charge in [0.15, 0.2) is 5.41 Å². The van der Waals surface area contributed by atoms with Gasteiger partial charge in [0.2, 0.25) is 0 Å². The largest absolute Gasteiger partial charge is 0.468 e. The van der Waals surface area contributed by atoms with Crippen molar-refractivity contribution < 1.29 is 19.1 Å². The van der Waals surface area contributed by atoms with Crippen molar-refractivity contribution in [2.45, 2.75) is 45.8 Å². The van der Waals surface area contributed by atoms with Gasteiger partial charge in [0.25, 0.3) is 0 Å². The molecule has 0 aliphatic heterocycles. The molecule has 0 amide bonds. The maximum Gasteiger partial charge on any atom is 0.324 e. The number of rotatable bonds is 6. The fourth-order valence-electron chi connectivity index (χ4n) is 1.40. The Bertz CT molecular complexity index is 296.